The Kier molecular flexibility index (Phi) is 51.0. The van der Waals surface area contributed by atoms with Crippen LogP contribution in [0.2, 0.25) is 0 Å². The van der Waals surface area contributed by atoms with E-state index in [-0.39, 0.29) is 24.9 Å². The second kappa shape index (κ2) is 52.3. The van der Waals surface area contributed by atoms with Crippen molar-refractivity contribution in [1.82, 2.24) is 5.32 Å². The van der Waals surface area contributed by atoms with E-state index >= 15 is 0 Å². The Morgan fingerprint density at radius 2 is 0.750 bits per heavy atom. The van der Waals surface area contributed by atoms with Crippen molar-refractivity contribution in [2.24, 2.45) is 0 Å². The van der Waals surface area contributed by atoms with Crippen molar-refractivity contribution in [3.8, 4) is 0 Å². The molecule has 0 radical (unpaired) electrons. The fourth-order valence-electron chi connectivity index (χ4n) is 8.89. The first kappa shape index (κ1) is 62.3. The standard InChI is InChI=1S/C58H111NO5/c1-4-7-10-13-16-19-22-25-27-28-30-32-34-37-40-43-46-49-54(64-58(63)51-48-45-42-39-36-33-29-26-23-20-17-14-11-8-5-2)52-57(62)59-55(53-60)56(61)50-47-44-41-38-35-31-24-21-18-15-12-9-6-3/h20,23,25,27,54-56,60-61H,4-19,21-22,24,26,28-53H2,1-3H3,(H,59,62)/b23-20-,27-25+. The normalized spacial score (nSPS) is 13.3. The van der Waals surface area contributed by atoms with Gasteiger partial charge in [-0.3, -0.25) is 9.59 Å². The molecule has 0 aromatic heterocycles. The molecule has 0 aromatic rings. The Hall–Kier alpha value is -1.66. The molecule has 3 unspecified atom stereocenters. The average Bonchev–Trinajstić information content (AvgIpc) is 3.29. The highest BCUT2D eigenvalue weighted by Crippen LogP contribution is 2.18. The number of aliphatic hydroxyl groups excluding tert-OH is 2. The number of esters is 1. The van der Waals surface area contributed by atoms with Crippen LogP contribution >= 0.6 is 0 Å². The first-order chi connectivity index (χ1) is 31.5. The zero-order chi connectivity index (χ0) is 46.7. The Bertz CT molecular complexity index is 1010. The summed E-state index contributed by atoms with van der Waals surface area (Å²) in [6.07, 6.45) is 60.9. The van der Waals surface area contributed by atoms with E-state index in [1.54, 1.807) is 0 Å². The van der Waals surface area contributed by atoms with Crippen molar-refractivity contribution in [3.63, 3.8) is 0 Å². The van der Waals surface area contributed by atoms with Gasteiger partial charge in [0.1, 0.15) is 6.10 Å². The van der Waals surface area contributed by atoms with Crippen LogP contribution in [0.3, 0.4) is 0 Å². The van der Waals surface area contributed by atoms with Crippen LogP contribution in [0.4, 0.5) is 0 Å². The first-order valence-electron chi connectivity index (χ1n) is 28.6. The van der Waals surface area contributed by atoms with E-state index in [9.17, 15) is 19.8 Å². The summed E-state index contributed by atoms with van der Waals surface area (Å²) in [5.41, 5.74) is 0. The summed E-state index contributed by atoms with van der Waals surface area (Å²) >= 11 is 0. The number of carbonyl (C=O) groups excluding carboxylic acids is 2. The molecule has 0 fully saturated rings. The Labute approximate surface area is 399 Å². The molecule has 0 spiro atoms. The molecule has 378 valence electrons. The topological polar surface area (TPSA) is 95.9 Å². The highest BCUT2D eigenvalue weighted by Gasteiger charge is 2.24. The molecule has 0 rings (SSSR count). The Morgan fingerprint density at radius 1 is 0.438 bits per heavy atom. The third-order valence-electron chi connectivity index (χ3n) is 13.3. The molecule has 1 amide bonds. The van der Waals surface area contributed by atoms with E-state index in [0.29, 0.717) is 19.3 Å². The van der Waals surface area contributed by atoms with E-state index in [4.69, 9.17) is 4.74 Å². The summed E-state index contributed by atoms with van der Waals surface area (Å²) < 4.78 is 5.96. The summed E-state index contributed by atoms with van der Waals surface area (Å²) in [5.74, 6) is -0.466. The van der Waals surface area contributed by atoms with Gasteiger partial charge in [-0.2, -0.15) is 0 Å². The van der Waals surface area contributed by atoms with Crippen LogP contribution in [0.5, 0.6) is 0 Å². The number of rotatable bonds is 52. The van der Waals surface area contributed by atoms with Gasteiger partial charge in [0.25, 0.3) is 0 Å². The van der Waals surface area contributed by atoms with E-state index in [2.05, 4.69) is 50.4 Å². The lowest BCUT2D eigenvalue weighted by atomic mass is 10.0. The number of allylic oxidation sites excluding steroid dienone is 4. The maximum atomic E-state index is 13.3. The molecular weight excluding hydrogens is 791 g/mol. The lowest BCUT2D eigenvalue weighted by molar-refractivity contribution is -0.151. The first-order valence-corrected chi connectivity index (χ1v) is 28.6. The van der Waals surface area contributed by atoms with E-state index in [0.717, 1.165) is 51.4 Å². The van der Waals surface area contributed by atoms with Crippen LogP contribution in [-0.4, -0.2) is 46.9 Å². The van der Waals surface area contributed by atoms with Crippen molar-refractivity contribution in [2.45, 2.75) is 328 Å². The van der Waals surface area contributed by atoms with Crippen LogP contribution in [0.25, 0.3) is 0 Å². The van der Waals surface area contributed by atoms with Crippen LogP contribution in [0, 0.1) is 0 Å². The summed E-state index contributed by atoms with van der Waals surface area (Å²) in [6, 6.07) is -0.700. The van der Waals surface area contributed by atoms with Crippen molar-refractivity contribution in [1.29, 1.82) is 0 Å². The number of hydrogen-bond donors (Lipinski definition) is 3. The molecular formula is C58H111NO5. The lowest BCUT2D eigenvalue weighted by Gasteiger charge is -2.24. The monoisotopic (exact) mass is 902 g/mol. The van der Waals surface area contributed by atoms with Crippen LogP contribution in [0.15, 0.2) is 24.3 Å². The van der Waals surface area contributed by atoms with Gasteiger partial charge in [0.05, 0.1) is 25.2 Å². The van der Waals surface area contributed by atoms with Crippen LogP contribution in [-0.2, 0) is 14.3 Å². The van der Waals surface area contributed by atoms with Gasteiger partial charge in [-0.1, -0.05) is 244 Å². The second-order valence-electron chi connectivity index (χ2n) is 19.7. The average molecular weight is 903 g/mol. The lowest BCUT2D eigenvalue weighted by Crippen LogP contribution is -2.46. The molecule has 0 aliphatic carbocycles. The molecule has 6 heteroatoms. The zero-order valence-electron chi connectivity index (χ0n) is 43.2. The molecule has 64 heavy (non-hydrogen) atoms. The van der Waals surface area contributed by atoms with Gasteiger partial charge in [-0.25, -0.2) is 0 Å². The van der Waals surface area contributed by atoms with Gasteiger partial charge >= 0.3 is 5.97 Å². The van der Waals surface area contributed by atoms with E-state index in [1.165, 1.54) is 212 Å². The maximum Gasteiger partial charge on any atom is 0.306 e. The highest BCUT2D eigenvalue weighted by atomic mass is 16.5. The number of unbranched alkanes of at least 4 members (excludes halogenated alkanes) is 36. The third-order valence-corrected chi connectivity index (χ3v) is 13.3. The number of nitrogens with one attached hydrogen (secondary N) is 1. The Balaban J connectivity index is 4.55. The molecule has 6 nitrogen and oxygen atoms in total. The minimum Gasteiger partial charge on any atom is -0.462 e. The summed E-state index contributed by atoms with van der Waals surface area (Å²) in [7, 11) is 0. The van der Waals surface area contributed by atoms with E-state index < -0.39 is 18.2 Å². The van der Waals surface area contributed by atoms with Crippen molar-refractivity contribution in [3.05, 3.63) is 24.3 Å². The molecule has 3 N–H and O–H groups in total. The zero-order valence-corrected chi connectivity index (χ0v) is 43.2. The van der Waals surface area contributed by atoms with Gasteiger partial charge in [-0.15, -0.1) is 0 Å². The predicted octanol–water partition coefficient (Wildman–Crippen LogP) is 17.5. The molecule has 0 saturated carbocycles. The van der Waals surface area contributed by atoms with Gasteiger partial charge < -0.3 is 20.3 Å². The van der Waals surface area contributed by atoms with Crippen molar-refractivity contribution >= 4 is 11.9 Å². The Morgan fingerprint density at radius 3 is 1.12 bits per heavy atom. The number of ether oxygens (including phenoxy) is 1. The number of hydrogen-bond acceptors (Lipinski definition) is 5. The molecule has 0 aromatic carbocycles. The van der Waals surface area contributed by atoms with Crippen molar-refractivity contribution in [2.75, 3.05) is 6.61 Å². The summed E-state index contributed by atoms with van der Waals surface area (Å²) in [6.45, 7) is 6.50. The van der Waals surface area contributed by atoms with Gasteiger partial charge in [0, 0.05) is 6.42 Å². The van der Waals surface area contributed by atoms with E-state index in [1.807, 2.05) is 0 Å². The molecule has 0 bridgehead atoms. The van der Waals surface area contributed by atoms with Crippen LogP contribution < -0.4 is 5.32 Å². The quantitative estimate of drug-likeness (QED) is 0.0321. The van der Waals surface area contributed by atoms with Gasteiger partial charge in [0.2, 0.25) is 5.91 Å². The number of aliphatic hydroxyl groups is 2. The van der Waals surface area contributed by atoms with Crippen LogP contribution in [0.1, 0.15) is 310 Å². The predicted molar refractivity (Wildman–Crippen MR) is 278 cm³/mol. The second-order valence-corrected chi connectivity index (χ2v) is 19.7. The molecule has 0 saturated heterocycles. The fraction of sp³-hybridized carbons (Fsp3) is 0.897. The number of carbonyl (C=O) groups is 2. The minimum atomic E-state index is -0.786. The summed E-state index contributed by atoms with van der Waals surface area (Å²) in [5, 5.41) is 23.9. The highest BCUT2D eigenvalue weighted by molar-refractivity contribution is 5.77. The third kappa shape index (κ3) is 46.9. The molecule has 3 atom stereocenters. The SMILES string of the molecule is CCCCCC/C=C\CCCCCCCCCC(=O)OC(CCCCCCCCC/C=C/CCCCCCCC)CC(=O)NC(CO)C(O)CCCCCCCCCCCCCCC. The maximum absolute atomic E-state index is 13.3. The molecule has 0 aliphatic rings. The smallest absolute Gasteiger partial charge is 0.306 e. The van der Waals surface area contributed by atoms with Gasteiger partial charge in [-0.05, 0) is 77.0 Å². The molecule has 0 heterocycles. The van der Waals surface area contributed by atoms with Gasteiger partial charge in [0.15, 0.2) is 0 Å². The number of amides is 1. The largest absolute Gasteiger partial charge is 0.462 e. The summed E-state index contributed by atoms with van der Waals surface area (Å²) in [4.78, 5) is 26.3. The molecule has 0 aliphatic heterocycles. The van der Waals surface area contributed by atoms with Crippen molar-refractivity contribution < 1.29 is 24.5 Å². The fourth-order valence-corrected chi connectivity index (χ4v) is 8.89. The minimum absolute atomic E-state index is 0.0775.